The lowest BCUT2D eigenvalue weighted by atomic mass is 10.1. The molecular weight excluding hydrogens is 256 g/mol. The van der Waals surface area contributed by atoms with Gasteiger partial charge in [0.05, 0.1) is 4.88 Å². The summed E-state index contributed by atoms with van der Waals surface area (Å²) in [5, 5.41) is 7.53. The molecule has 4 heteroatoms. The lowest BCUT2D eigenvalue weighted by molar-refractivity contribution is 0.0956. The van der Waals surface area contributed by atoms with E-state index in [9.17, 15) is 4.79 Å². The number of fused-ring (bicyclic) bond motifs is 1. The monoisotopic (exact) mass is 274 g/mol. The molecule has 1 aromatic heterocycles. The van der Waals surface area contributed by atoms with Crippen LogP contribution in [-0.4, -0.2) is 25.5 Å². The van der Waals surface area contributed by atoms with Crippen molar-refractivity contribution in [2.24, 2.45) is 5.92 Å². The Balaban J connectivity index is 1.57. The van der Waals surface area contributed by atoms with Gasteiger partial charge >= 0.3 is 0 Å². The van der Waals surface area contributed by atoms with Gasteiger partial charge in [0.25, 0.3) is 5.91 Å². The fraction of sp³-hybridized carbons (Fsp3) is 0.400. The van der Waals surface area contributed by atoms with Crippen LogP contribution >= 0.6 is 11.3 Å². The number of rotatable bonds is 4. The normalized spacial score (nSPS) is 18.8. The smallest absolute Gasteiger partial charge is 0.261 e. The number of carbonyl (C=O) groups excluding carboxylic acids is 1. The fourth-order valence-electron chi connectivity index (χ4n) is 2.53. The molecule has 1 unspecified atom stereocenters. The summed E-state index contributed by atoms with van der Waals surface area (Å²) < 4.78 is 1.17. The molecule has 100 valence electrons. The highest BCUT2D eigenvalue weighted by Gasteiger charge is 2.15. The average Bonchev–Trinajstić information content (AvgIpc) is 3.07. The van der Waals surface area contributed by atoms with Gasteiger partial charge in [-0.1, -0.05) is 18.2 Å². The lowest BCUT2D eigenvalue weighted by Crippen LogP contribution is -2.25. The first-order valence-corrected chi connectivity index (χ1v) is 7.62. The van der Waals surface area contributed by atoms with Crippen molar-refractivity contribution in [2.75, 3.05) is 19.6 Å². The fourth-order valence-corrected chi connectivity index (χ4v) is 3.51. The predicted octanol–water partition coefficient (Wildman–Crippen LogP) is 2.63. The Labute approximate surface area is 117 Å². The Bertz CT molecular complexity index is 539. The summed E-state index contributed by atoms with van der Waals surface area (Å²) in [6, 6.07) is 10.1. The van der Waals surface area contributed by atoms with Crippen molar-refractivity contribution in [3.8, 4) is 0 Å². The van der Waals surface area contributed by atoms with Crippen molar-refractivity contribution in [3.63, 3.8) is 0 Å². The molecule has 2 aromatic rings. The first kappa shape index (κ1) is 12.6. The molecule has 0 aliphatic carbocycles. The van der Waals surface area contributed by atoms with Gasteiger partial charge in [-0.3, -0.25) is 4.79 Å². The van der Waals surface area contributed by atoms with E-state index in [1.54, 1.807) is 11.3 Å². The molecule has 1 aliphatic rings. The van der Waals surface area contributed by atoms with Crippen molar-refractivity contribution in [2.45, 2.75) is 12.8 Å². The number of thiophene rings is 1. The molecule has 0 radical (unpaired) electrons. The van der Waals surface area contributed by atoms with Crippen LogP contribution in [0.25, 0.3) is 10.1 Å². The van der Waals surface area contributed by atoms with Gasteiger partial charge in [0.1, 0.15) is 0 Å². The number of hydrogen-bond donors (Lipinski definition) is 2. The van der Waals surface area contributed by atoms with E-state index in [1.165, 1.54) is 11.1 Å². The maximum Gasteiger partial charge on any atom is 0.261 e. The van der Waals surface area contributed by atoms with E-state index in [1.807, 2.05) is 24.3 Å². The molecule has 19 heavy (non-hydrogen) atoms. The quantitative estimate of drug-likeness (QED) is 0.900. The minimum Gasteiger partial charge on any atom is -0.351 e. The maximum absolute atomic E-state index is 12.1. The van der Waals surface area contributed by atoms with E-state index in [4.69, 9.17) is 0 Å². The first-order chi connectivity index (χ1) is 9.33. The summed E-state index contributed by atoms with van der Waals surface area (Å²) in [7, 11) is 0. The minimum absolute atomic E-state index is 0.0622. The molecule has 1 aliphatic heterocycles. The number of nitrogens with one attached hydrogen (secondary N) is 2. The second-order valence-corrected chi connectivity index (χ2v) is 6.14. The van der Waals surface area contributed by atoms with Gasteiger partial charge in [0.15, 0.2) is 0 Å². The van der Waals surface area contributed by atoms with E-state index >= 15 is 0 Å². The van der Waals surface area contributed by atoms with Gasteiger partial charge in [0.2, 0.25) is 0 Å². The summed E-state index contributed by atoms with van der Waals surface area (Å²) in [6.45, 7) is 2.99. The maximum atomic E-state index is 12.1. The molecule has 1 fully saturated rings. The minimum atomic E-state index is 0.0622. The molecule has 3 rings (SSSR count). The Morgan fingerprint density at radius 2 is 2.32 bits per heavy atom. The van der Waals surface area contributed by atoms with Crippen LogP contribution in [0.2, 0.25) is 0 Å². The second kappa shape index (κ2) is 5.72. The largest absolute Gasteiger partial charge is 0.351 e. The zero-order valence-electron chi connectivity index (χ0n) is 10.8. The zero-order valence-corrected chi connectivity index (χ0v) is 11.6. The average molecular weight is 274 g/mol. The summed E-state index contributed by atoms with van der Waals surface area (Å²) in [4.78, 5) is 12.9. The van der Waals surface area contributed by atoms with E-state index < -0.39 is 0 Å². The molecule has 0 bridgehead atoms. The van der Waals surface area contributed by atoms with Crippen LogP contribution in [0.3, 0.4) is 0 Å². The van der Waals surface area contributed by atoms with E-state index in [-0.39, 0.29) is 5.91 Å². The van der Waals surface area contributed by atoms with E-state index in [2.05, 4.69) is 16.7 Å². The van der Waals surface area contributed by atoms with Crippen LogP contribution in [0.5, 0.6) is 0 Å². The predicted molar refractivity (Wildman–Crippen MR) is 79.8 cm³/mol. The van der Waals surface area contributed by atoms with Crippen LogP contribution in [0.4, 0.5) is 0 Å². The number of hydrogen-bond acceptors (Lipinski definition) is 3. The van der Waals surface area contributed by atoms with Gasteiger partial charge < -0.3 is 10.6 Å². The first-order valence-electron chi connectivity index (χ1n) is 6.80. The van der Waals surface area contributed by atoms with Gasteiger partial charge in [-0.25, -0.2) is 0 Å². The highest BCUT2D eigenvalue weighted by molar-refractivity contribution is 7.20. The molecule has 1 atom stereocenters. The molecule has 0 saturated carbocycles. The molecule has 3 nitrogen and oxygen atoms in total. The Morgan fingerprint density at radius 3 is 3.11 bits per heavy atom. The molecule has 2 N–H and O–H groups in total. The summed E-state index contributed by atoms with van der Waals surface area (Å²) in [5.41, 5.74) is 0. The second-order valence-electron chi connectivity index (χ2n) is 5.05. The van der Waals surface area contributed by atoms with Crippen molar-refractivity contribution >= 4 is 27.3 Å². The molecule has 0 spiro atoms. The van der Waals surface area contributed by atoms with Crippen molar-refractivity contribution < 1.29 is 4.79 Å². The highest BCUT2D eigenvalue weighted by atomic mass is 32.1. The summed E-state index contributed by atoms with van der Waals surface area (Å²) >= 11 is 1.56. The van der Waals surface area contributed by atoms with Gasteiger partial charge in [0, 0.05) is 11.2 Å². The molecule has 2 heterocycles. The number of carbonyl (C=O) groups is 1. The SMILES string of the molecule is O=C(NCCC1CCNC1)c1cc2ccccc2s1. The van der Waals surface area contributed by atoms with Gasteiger partial charge in [-0.2, -0.15) is 0 Å². The van der Waals surface area contributed by atoms with E-state index in [0.29, 0.717) is 0 Å². The third-order valence-electron chi connectivity index (χ3n) is 3.65. The van der Waals surface area contributed by atoms with Crippen molar-refractivity contribution in [1.29, 1.82) is 0 Å². The Morgan fingerprint density at radius 1 is 1.42 bits per heavy atom. The third kappa shape index (κ3) is 2.96. The topological polar surface area (TPSA) is 41.1 Å². The molecule has 1 amide bonds. The van der Waals surface area contributed by atoms with Gasteiger partial charge in [-0.15, -0.1) is 11.3 Å². The molecular formula is C15H18N2OS. The standard InChI is InChI=1S/C15H18N2OS/c18-15(17-8-6-11-5-7-16-10-11)14-9-12-3-1-2-4-13(12)19-14/h1-4,9,11,16H,5-8,10H2,(H,17,18). The van der Waals surface area contributed by atoms with Crippen LogP contribution < -0.4 is 10.6 Å². The summed E-state index contributed by atoms with van der Waals surface area (Å²) in [5.74, 6) is 0.787. The van der Waals surface area contributed by atoms with Crippen molar-refractivity contribution in [1.82, 2.24) is 10.6 Å². The third-order valence-corrected chi connectivity index (χ3v) is 4.76. The number of amides is 1. The Hall–Kier alpha value is -1.39. The molecule has 1 aromatic carbocycles. The van der Waals surface area contributed by atoms with E-state index in [0.717, 1.165) is 42.2 Å². The lowest BCUT2D eigenvalue weighted by Gasteiger charge is -2.08. The Kier molecular flexibility index (Phi) is 3.80. The van der Waals surface area contributed by atoms with Crippen LogP contribution in [-0.2, 0) is 0 Å². The van der Waals surface area contributed by atoms with Crippen molar-refractivity contribution in [3.05, 3.63) is 35.2 Å². The van der Waals surface area contributed by atoms with Crippen LogP contribution in [0, 0.1) is 5.92 Å². The highest BCUT2D eigenvalue weighted by Crippen LogP contribution is 2.25. The zero-order chi connectivity index (χ0) is 13.1. The van der Waals surface area contributed by atoms with Gasteiger partial charge in [-0.05, 0) is 49.4 Å². The summed E-state index contributed by atoms with van der Waals surface area (Å²) in [6.07, 6.45) is 2.31. The van der Waals surface area contributed by atoms with Crippen LogP contribution in [0.1, 0.15) is 22.5 Å². The molecule has 1 saturated heterocycles. The van der Waals surface area contributed by atoms with Crippen LogP contribution in [0.15, 0.2) is 30.3 Å². The number of benzene rings is 1.